The molecule has 0 saturated heterocycles. The van der Waals surface area contributed by atoms with Gasteiger partial charge in [0.05, 0.1) is 33.6 Å². The predicted molar refractivity (Wildman–Crippen MR) is 283 cm³/mol. The molecule has 2 aliphatic heterocycles. The molecule has 70 heavy (non-hydrogen) atoms. The van der Waals surface area contributed by atoms with E-state index in [0.29, 0.717) is 17.5 Å². The van der Waals surface area contributed by atoms with E-state index in [0.717, 1.165) is 50.8 Å². The number of benzene rings is 10. The van der Waals surface area contributed by atoms with Crippen LogP contribution in [0.2, 0.25) is 0 Å². The van der Waals surface area contributed by atoms with Crippen molar-refractivity contribution < 1.29 is 0 Å². The molecule has 0 atom stereocenters. The number of nitrogens with zero attached hydrogens (tertiary/aromatic N) is 5. The van der Waals surface area contributed by atoms with Crippen molar-refractivity contribution in [3.8, 4) is 34.2 Å². The van der Waals surface area contributed by atoms with Gasteiger partial charge in [0.25, 0.3) is 0 Å². The van der Waals surface area contributed by atoms with Crippen molar-refractivity contribution in [2.75, 3.05) is 9.80 Å². The maximum absolute atomic E-state index is 5.35. The molecule has 5 heteroatoms. The average Bonchev–Trinajstić information content (AvgIpc) is 3.44. The lowest BCUT2D eigenvalue weighted by Gasteiger charge is -2.56. The number of anilines is 6. The van der Waals surface area contributed by atoms with Gasteiger partial charge in [0, 0.05) is 28.1 Å². The van der Waals surface area contributed by atoms with Gasteiger partial charge >= 0.3 is 0 Å². The van der Waals surface area contributed by atoms with E-state index in [9.17, 15) is 0 Å². The third kappa shape index (κ3) is 5.63. The quantitative estimate of drug-likeness (QED) is 0.172. The van der Waals surface area contributed by atoms with Gasteiger partial charge in [-0.3, -0.25) is 0 Å². The Hall–Kier alpha value is -9.19. The van der Waals surface area contributed by atoms with E-state index in [1.165, 1.54) is 44.5 Å². The first-order chi connectivity index (χ1) is 34.7. The summed E-state index contributed by atoms with van der Waals surface area (Å²) in [5.74, 6) is 1.87. The molecule has 328 valence electrons. The fraction of sp³-hybridized carbons (Fsp3) is 0.0308. The first-order valence-electron chi connectivity index (χ1n) is 24.0. The Bertz CT molecular complexity index is 3640. The molecule has 11 aromatic rings. The second-order valence-electron chi connectivity index (χ2n) is 18.3. The molecule has 3 aliphatic rings. The van der Waals surface area contributed by atoms with Crippen LogP contribution < -0.4 is 9.80 Å². The second kappa shape index (κ2) is 15.7. The molecule has 1 aromatic heterocycles. The van der Waals surface area contributed by atoms with Crippen LogP contribution in [0, 0.1) is 0 Å². The molecular formula is C65H43N5. The topological polar surface area (TPSA) is 45.2 Å². The van der Waals surface area contributed by atoms with Gasteiger partial charge in [0.15, 0.2) is 17.5 Å². The molecule has 0 fully saturated rings. The average molecular weight is 894 g/mol. The molecule has 0 saturated carbocycles. The van der Waals surface area contributed by atoms with Gasteiger partial charge in [-0.15, -0.1) is 0 Å². The number of aromatic nitrogens is 3. The smallest absolute Gasteiger partial charge is 0.164 e. The Morgan fingerprint density at radius 3 is 0.900 bits per heavy atom. The van der Waals surface area contributed by atoms with Crippen LogP contribution in [-0.4, -0.2) is 15.0 Å². The maximum Gasteiger partial charge on any atom is 0.164 e. The Labute approximate surface area is 407 Å². The standard InChI is InChI=1S/C65H43N5/c1-5-23-44(24-6-1)61-66-62(45-25-7-2-8-26-45)68-63(67-61)46-41-42-51-56(43-46)65(54-35-17-21-39-59(54)70(48-29-11-4-12-30-48)60-40-22-18-36-55(60)65)50-32-14-13-31-49(50)64(51)52-33-15-19-37-57(52)69(47-27-9-3-10-28-47)58-38-20-16-34-53(58)64/h1-43H. The molecule has 2 spiro atoms. The molecule has 0 amide bonds. The van der Waals surface area contributed by atoms with E-state index < -0.39 is 10.8 Å². The molecule has 0 unspecified atom stereocenters. The third-order valence-electron chi connectivity index (χ3n) is 14.7. The van der Waals surface area contributed by atoms with Crippen molar-refractivity contribution >= 4 is 34.1 Å². The van der Waals surface area contributed by atoms with Gasteiger partial charge in [-0.1, -0.05) is 206 Å². The summed E-state index contributed by atoms with van der Waals surface area (Å²) < 4.78 is 0. The number of para-hydroxylation sites is 6. The normalized spacial score (nSPS) is 14.2. The highest BCUT2D eigenvalue weighted by atomic mass is 15.2. The van der Waals surface area contributed by atoms with E-state index in [1.807, 2.05) is 36.4 Å². The Morgan fingerprint density at radius 1 is 0.229 bits per heavy atom. The summed E-state index contributed by atoms with van der Waals surface area (Å²) in [7, 11) is 0. The van der Waals surface area contributed by atoms with E-state index >= 15 is 0 Å². The first kappa shape index (κ1) is 39.9. The summed E-state index contributed by atoms with van der Waals surface area (Å²) >= 11 is 0. The van der Waals surface area contributed by atoms with Gasteiger partial charge in [0.2, 0.25) is 0 Å². The van der Waals surface area contributed by atoms with Crippen LogP contribution in [-0.2, 0) is 10.8 Å². The van der Waals surface area contributed by atoms with Crippen LogP contribution in [0.4, 0.5) is 34.1 Å². The molecule has 0 N–H and O–H groups in total. The maximum atomic E-state index is 5.35. The molecule has 14 rings (SSSR count). The van der Waals surface area contributed by atoms with Crippen LogP contribution in [0.25, 0.3) is 34.2 Å². The van der Waals surface area contributed by atoms with E-state index in [1.54, 1.807) is 0 Å². The highest BCUT2D eigenvalue weighted by Crippen LogP contribution is 2.68. The summed E-state index contributed by atoms with van der Waals surface area (Å²) in [5.41, 5.74) is 17.7. The van der Waals surface area contributed by atoms with Crippen molar-refractivity contribution in [2.24, 2.45) is 0 Å². The summed E-state index contributed by atoms with van der Waals surface area (Å²) in [6.07, 6.45) is 0. The Balaban J connectivity index is 1.14. The SMILES string of the molecule is c1ccc(-c2nc(-c3ccccc3)nc(-c3ccc4c(c3)C3(c5ccccc5N(c5ccccc5)c5ccccc53)c3ccccc3C43c4ccccc4N(c4ccccc4)c4ccccc43)n2)cc1. The predicted octanol–water partition coefficient (Wildman–Crippen LogP) is 15.5. The molecular weight excluding hydrogens is 851 g/mol. The number of fused-ring (bicyclic) bond motifs is 14. The second-order valence-corrected chi connectivity index (χ2v) is 18.3. The Kier molecular flexibility index (Phi) is 8.95. The molecule has 0 radical (unpaired) electrons. The van der Waals surface area contributed by atoms with Gasteiger partial charge in [-0.05, 0) is 99.1 Å². The third-order valence-corrected chi connectivity index (χ3v) is 14.7. The van der Waals surface area contributed by atoms with E-state index in [4.69, 9.17) is 15.0 Å². The lowest BCUT2D eigenvalue weighted by molar-refractivity contribution is 0.607. The lowest BCUT2D eigenvalue weighted by Crippen LogP contribution is -2.49. The fourth-order valence-electron chi connectivity index (χ4n) is 12.0. The van der Waals surface area contributed by atoms with Crippen molar-refractivity contribution in [1.29, 1.82) is 0 Å². The zero-order valence-electron chi connectivity index (χ0n) is 38.1. The van der Waals surface area contributed by atoms with E-state index in [-0.39, 0.29) is 0 Å². The molecule has 1 aliphatic carbocycles. The molecule has 5 nitrogen and oxygen atoms in total. The zero-order valence-corrected chi connectivity index (χ0v) is 38.1. The highest BCUT2D eigenvalue weighted by Gasteiger charge is 2.59. The van der Waals surface area contributed by atoms with Crippen LogP contribution in [0.1, 0.15) is 44.5 Å². The fourth-order valence-corrected chi connectivity index (χ4v) is 12.0. The summed E-state index contributed by atoms with van der Waals surface area (Å²) in [6.45, 7) is 0. The van der Waals surface area contributed by atoms with Crippen LogP contribution in [0.5, 0.6) is 0 Å². The first-order valence-corrected chi connectivity index (χ1v) is 24.0. The molecule has 10 aromatic carbocycles. The van der Waals surface area contributed by atoms with Crippen molar-refractivity contribution in [3.05, 3.63) is 305 Å². The number of hydrogen-bond acceptors (Lipinski definition) is 5. The summed E-state index contributed by atoms with van der Waals surface area (Å²) in [5, 5.41) is 0. The number of rotatable bonds is 5. The van der Waals surface area contributed by atoms with Gasteiger partial charge < -0.3 is 9.80 Å². The summed E-state index contributed by atoms with van der Waals surface area (Å²) in [4.78, 5) is 20.7. The molecule has 0 bridgehead atoms. The highest BCUT2D eigenvalue weighted by molar-refractivity contribution is 5.95. The molecule has 3 heterocycles. The van der Waals surface area contributed by atoms with Crippen LogP contribution in [0.3, 0.4) is 0 Å². The van der Waals surface area contributed by atoms with Gasteiger partial charge in [-0.2, -0.15) is 0 Å². The van der Waals surface area contributed by atoms with Gasteiger partial charge in [0.1, 0.15) is 0 Å². The van der Waals surface area contributed by atoms with Crippen LogP contribution in [0.15, 0.2) is 261 Å². The summed E-state index contributed by atoms with van der Waals surface area (Å²) in [6, 6.07) is 94.6. The number of hydrogen-bond donors (Lipinski definition) is 0. The van der Waals surface area contributed by atoms with E-state index in [2.05, 4.69) is 234 Å². The minimum Gasteiger partial charge on any atom is -0.310 e. The lowest BCUT2D eigenvalue weighted by atomic mass is 9.49. The Morgan fingerprint density at radius 2 is 0.514 bits per heavy atom. The largest absolute Gasteiger partial charge is 0.310 e. The minimum absolute atomic E-state index is 0.613. The monoisotopic (exact) mass is 893 g/mol. The van der Waals surface area contributed by atoms with Crippen LogP contribution >= 0.6 is 0 Å². The van der Waals surface area contributed by atoms with Crippen molar-refractivity contribution in [2.45, 2.75) is 10.8 Å². The van der Waals surface area contributed by atoms with Crippen molar-refractivity contribution in [3.63, 3.8) is 0 Å². The van der Waals surface area contributed by atoms with Gasteiger partial charge in [-0.25, -0.2) is 15.0 Å². The van der Waals surface area contributed by atoms with Crippen molar-refractivity contribution in [1.82, 2.24) is 15.0 Å². The zero-order chi connectivity index (χ0) is 46.2. The minimum atomic E-state index is -0.802.